The normalized spacial score (nSPS) is 12.2. The van der Waals surface area contributed by atoms with Gasteiger partial charge in [-0.15, -0.1) is 0 Å². The number of rotatable bonds is 12. The van der Waals surface area contributed by atoms with Gasteiger partial charge in [0, 0.05) is 13.1 Å². The van der Waals surface area contributed by atoms with E-state index in [1.807, 2.05) is 20.8 Å². The zero-order valence-corrected chi connectivity index (χ0v) is 25.7. The van der Waals surface area contributed by atoms with Gasteiger partial charge in [-0.25, -0.2) is 12.8 Å². The lowest BCUT2D eigenvalue weighted by Crippen LogP contribution is -2.52. The number of carbonyl (C=O) groups excluding carboxylic acids is 2. The van der Waals surface area contributed by atoms with Crippen LogP contribution in [-0.4, -0.2) is 44.3 Å². The van der Waals surface area contributed by atoms with E-state index in [2.05, 4.69) is 5.32 Å². The molecule has 0 aliphatic carbocycles. The molecule has 0 fully saturated rings. The van der Waals surface area contributed by atoms with Gasteiger partial charge in [0.2, 0.25) is 11.8 Å². The molecule has 0 aromatic heterocycles. The second kappa shape index (κ2) is 14.2. The molecule has 0 radical (unpaired) electrons. The van der Waals surface area contributed by atoms with Crippen LogP contribution in [-0.2, 0) is 26.2 Å². The topological polar surface area (TPSA) is 86.8 Å². The number of sulfonamides is 1. The second-order valence-electron chi connectivity index (χ2n) is 10.1. The number of benzene rings is 3. The van der Waals surface area contributed by atoms with Crippen molar-refractivity contribution in [2.45, 2.75) is 51.6 Å². The molecule has 1 atom stereocenters. The van der Waals surface area contributed by atoms with Gasteiger partial charge in [0.25, 0.3) is 10.0 Å². The number of hydrogen-bond donors (Lipinski definition) is 1. The molecule has 0 spiro atoms. The number of nitrogens with one attached hydrogen (secondary N) is 1. The van der Waals surface area contributed by atoms with Crippen molar-refractivity contribution in [1.82, 2.24) is 10.2 Å². The molecule has 0 heterocycles. The zero-order chi connectivity index (χ0) is 30.3. The molecule has 0 unspecified atom stereocenters. The van der Waals surface area contributed by atoms with Crippen LogP contribution in [0.4, 0.5) is 10.1 Å². The van der Waals surface area contributed by atoms with Crippen molar-refractivity contribution in [1.29, 1.82) is 0 Å². The maximum Gasteiger partial charge on any atom is 0.264 e. The van der Waals surface area contributed by atoms with Crippen LogP contribution in [0.25, 0.3) is 0 Å². The summed E-state index contributed by atoms with van der Waals surface area (Å²) >= 11 is 12.3. The maximum atomic E-state index is 14.0. The molecule has 0 saturated carbocycles. The Labute approximate surface area is 251 Å². The van der Waals surface area contributed by atoms with Crippen LogP contribution in [0.1, 0.15) is 38.3 Å². The van der Waals surface area contributed by atoms with Gasteiger partial charge in [0.05, 0.1) is 20.6 Å². The Bertz CT molecular complexity index is 1470. The molecule has 0 bridgehead atoms. The predicted octanol–water partition coefficient (Wildman–Crippen LogP) is 6.22. The SMILES string of the molecule is CC[C@@H](C(=O)NCC(C)C)N(Cc1ccc(Cl)c(Cl)c1)C(=O)CN(c1ccc(C)cc1)S(=O)(=O)c1ccc(F)cc1. The summed E-state index contributed by atoms with van der Waals surface area (Å²) < 4.78 is 42.2. The molecule has 0 saturated heterocycles. The first-order chi connectivity index (χ1) is 19.3. The fraction of sp³-hybridized carbons (Fsp3) is 0.333. The Kier molecular flexibility index (Phi) is 11.2. The maximum absolute atomic E-state index is 14.0. The summed E-state index contributed by atoms with van der Waals surface area (Å²) in [4.78, 5) is 28.5. The Morgan fingerprint density at radius 3 is 2.15 bits per heavy atom. The van der Waals surface area contributed by atoms with E-state index in [-0.39, 0.29) is 40.4 Å². The monoisotopic (exact) mass is 621 g/mol. The van der Waals surface area contributed by atoms with E-state index < -0.39 is 34.3 Å². The van der Waals surface area contributed by atoms with Gasteiger partial charge in [0.1, 0.15) is 18.4 Å². The van der Waals surface area contributed by atoms with E-state index in [0.29, 0.717) is 17.1 Å². The average molecular weight is 623 g/mol. The summed E-state index contributed by atoms with van der Waals surface area (Å²) in [5, 5.41) is 3.50. The van der Waals surface area contributed by atoms with Crippen molar-refractivity contribution < 1.29 is 22.4 Å². The van der Waals surface area contributed by atoms with Crippen LogP contribution >= 0.6 is 23.2 Å². The molecule has 11 heteroatoms. The largest absolute Gasteiger partial charge is 0.354 e. The van der Waals surface area contributed by atoms with Gasteiger partial charge < -0.3 is 10.2 Å². The van der Waals surface area contributed by atoms with Gasteiger partial charge in [-0.3, -0.25) is 13.9 Å². The predicted molar refractivity (Wildman–Crippen MR) is 161 cm³/mol. The number of amides is 2. The number of carbonyl (C=O) groups is 2. The lowest BCUT2D eigenvalue weighted by molar-refractivity contribution is -0.140. The summed E-state index contributed by atoms with van der Waals surface area (Å²) in [5.41, 5.74) is 1.76. The van der Waals surface area contributed by atoms with Crippen LogP contribution in [0.3, 0.4) is 0 Å². The second-order valence-corrected chi connectivity index (χ2v) is 12.8. The molecular formula is C30H34Cl2FN3O4S. The molecule has 41 heavy (non-hydrogen) atoms. The third kappa shape index (κ3) is 8.44. The minimum Gasteiger partial charge on any atom is -0.354 e. The lowest BCUT2D eigenvalue weighted by atomic mass is 10.1. The number of anilines is 1. The van der Waals surface area contributed by atoms with Gasteiger partial charge in [-0.1, -0.05) is 67.7 Å². The highest BCUT2D eigenvalue weighted by Gasteiger charge is 2.33. The Hall–Kier alpha value is -3.14. The molecule has 2 amide bonds. The summed E-state index contributed by atoms with van der Waals surface area (Å²) in [5.74, 6) is -1.35. The van der Waals surface area contributed by atoms with E-state index in [4.69, 9.17) is 23.2 Å². The third-order valence-electron chi connectivity index (χ3n) is 6.41. The van der Waals surface area contributed by atoms with E-state index in [1.165, 1.54) is 4.90 Å². The smallest absolute Gasteiger partial charge is 0.264 e. The van der Waals surface area contributed by atoms with Crippen LogP contribution in [0.15, 0.2) is 71.6 Å². The molecular weight excluding hydrogens is 588 g/mol. The summed E-state index contributed by atoms with van der Waals surface area (Å²) in [6.45, 7) is 7.35. The van der Waals surface area contributed by atoms with Crippen molar-refractivity contribution in [2.75, 3.05) is 17.4 Å². The minimum absolute atomic E-state index is 0.0122. The average Bonchev–Trinajstić information content (AvgIpc) is 2.93. The highest BCUT2D eigenvalue weighted by Crippen LogP contribution is 2.27. The van der Waals surface area contributed by atoms with Gasteiger partial charge in [0.15, 0.2) is 0 Å². The summed E-state index contributed by atoms with van der Waals surface area (Å²) in [6.07, 6.45) is 0.284. The number of halogens is 3. The van der Waals surface area contributed by atoms with Gasteiger partial charge in [-0.05, 0) is 73.4 Å². The first-order valence-electron chi connectivity index (χ1n) is 13.2. The molecule has 0 aliphatic rings. The fourth-order valence-corrected chi connectivity index (χ4v) is 5.89. The number of hydrogen-bond acceptors (Lipinski definition) is 4. The Morgan fingerprint density at radius 1 is 0.951 bits per heavy atom. The number of aryl methyl sites for hydroxylation is 1. The van der Waals surface area contributed by atoms with Crippen LogP contribution in [0.2, 0.25) is 10.0 Å². The van der Waals surface area contributed by atoms with E-state index in [0.717, 1.165) is 34.1 Å². The molecule has 0 aliphatic heterocycles. The fourth-order valence-electron chi connectivity index (χ4n) is 4.15. The minimum atomic E-state index is -4.29. The van der Waals surface area contributed by atoms with Crippen molar-refractivity contribution in [3.8, 4) is 0 Å². The Morgan fingerprint density at radius 2 is 1.59 bits per heavy atom. The van der Waals surface area contributed by atoms with Crippen molar-refractivity contribution in [3.63, 3.8) is 0 Å². The molecule has 220 valence electrons. The molecule has 7 nitrogen and oxygen atoms in total. The third-order valence-corrected chi connectivity index (χ3v) is 8.94. The highest BCUT2D eigenvalue weighted by atomic mass is 35.5. The first kappa shape index (κ1) is 32.4. The van der Waals surface area contributed by atoms with Gasteiger partial charge >= 0.3 is 0 Å². The first-order valence-corrected chi connectivity index (χ1v) is 15.4. The van der Waals surface area contributed by atoms with Crippen molar-refractivity contribution in [3.05, 3.63) is 93.7 Å². The molecule has 3 aromatic carbocycles. The van der Waals surface area contributed by atoms with E-state index >= 15 is 0 Å². The highest BCUT2D eigenvalue weighted by molar-refractivity contribution is 7.92. The molecule has 3 aromatic rings. The molecule has 3 rings (SSSR count). The van der Waals surface area contributed by atoms with Crippen molar-refractivity contribution in [2.24, 2.45) is 5.92 Å². The quantitative estimate of drug-likeness (QED) is 0.260. The van der Waals surface area contributed by atoms with Crippen LogP contribution in [0, 0.1) is 18.7 Å². The zero-order valence-electron chi connectivity index (χ0n) is 23.4. The van der Waals surface area contributed by atoms with Gasteiger partial charge in [-0.2, -0.15) is 0 Å². The Balaban J connectivity index is 2.05. The molecule has 1 N–H and O–H groups in total. The van der Waals surface area contributed by atoms with Crippen LogP contribution < -0.4 is 9.62 Å². The van der Waals surface area contributed by atoms with Crippen molar-refractivity contribution >= 4 is 50.7 Å². The summed E-state index contributed by atoms with van der Waals surface area (Å²) in [7, 11) is -4.29. The number of nitrogens with zero attached hydrogens (tertiary/aromatic N) is 2. The lowest BCUT2D eigenvalue weighted by Gasteiger charge is -2.33. The van der Waals surface area contributed by atoms with E-state index in [9.17, 15) is 22.4 Å². The van der Waals surface area contributed by atoms with Crippen LogP contribution in [0.5, 0.6) is 0 Å². The van der Waals surface area contributed by atoms with E-state index in [1.54, 1.807) is 49.4 Å². The standard InChI is InChI=1S/C30H34Cl2FN3O4S/c1-5-28(30(38)34-17-20(2)3)35(18-22-8-15-26(31)27(32)16-22)29(37)19-36(24-11-6-21(4)7-12-24)41(39,40)25-13-9-23(33)10-14-25/h6-16,20,28H,5,17-19H2,1-4H3,(H,34,38)/t28-/m0/s1. The summed E-state index contributed by atoms with van der Waals surface area (Å²) in [6, 6.07) is 15.1.